The molecule has 118 valence electrons. The molecule has 0 saturated heterocycles. The highest BCUT2D eigenvalue weighted by Gasteiger charge is 2.23. The lowest BCUT2D eigenvalue weighted by atomic mass is 10.2. The molecule has 0 fully saturated rings. The quantitative estimate of drug-likeness (QED) is 0.860. The number of fused-ring (bicyclic) bond motifs is 1. The fourth-order valence-corrected chi connectivity index (χ4v) is 3.91. The number of nitrogens with zero attached hydrogens (tertiary/aromatic N) is 2. The van der Waals surface area contributed by atoms with Crippen molar-refractivity contribution in [3.05, 3.63) is 51.7 Å². The van der Waals surface area contributed by atoms with Gasteiger partial charge in [-0.25, -0.2) is 0 Å². The first-order valence-corrected chi connectivity index (χ1v) is 8.59. The normalized spacial score (nSPS) is 18.8. The molecule has 0 bridgehead atoms. The summed E-state index contributed by atoms with van der Waals surface area (Å²) in [5, 5.41) is 0. The SMILES string of the molecule is Cc1ccc(CN2Cc3ccccc3OC(CN(C)C)C2)s1. The predicted molar refractivity (Wildman–Crippen MR) is 92.6 cm³/mol. The van der Waals surface area contributed by atoms with Gasteiger partial charge in [-0.05, 0) is 39.2 Å². The first-order valence-electron chi connectivity index (χ1n) is 7.77. The Labute approximate surface area is 137 Å². The molecule has 22 heavy (non-hydrogen) atoms. The molecule has 0 N–H and O–H groups in total. The van der Waals surface area contributed by atoms with Gasteiger partial charge in [-0.2, -0.15) is 0 Å². The summed E-state index contributed by atoms with van der Waals surface area (Å²) in [5.41, 5.74) is 1.29. The molecule has 0 radical (unpaired) electrons. The van der Waals surface area contributed by atoms with Crippen molar-refractivity contribution in [2.75, 3.05) is 27.2 Å². The van der Waals surface area contributed by atoms with Crippen molar-refractivity contribution in [1.29, 1.82) is 0 Å². The summed E-state index contributed by atoms with van der Waals surface area (Å²) in [6.45, 7) is 6.03. The van der Waals surface area contributed by atoms with Gasteiger partial charge < -0.3 is 9.64 Å². The highest BCUT2D eigenvalue weighted by Crippen LogP contribution is 2.27. The maximum absolute atomic E-state index is 6.26. The van der Waals surface area contributed by atoms with Crippen LogP contribution in [0.2, 0.25) is 0 Å². The Morgan fingerprint density at radius 2 is 2.05 bits per heavy atom. The molecule has 4 heteroatoms. The van der Waals surface area contributed by atoms with E-state index in [4.69, 9.17) is 4.74 Å². The highest BCUT2D eigenvalue weighted by atomic mass is 32.1. The van der Waals surface area contributed by atoms with Crippen molar-refractivity contribution >= 4 is 11.3 Å². The van der Waals surface area contributed by atoms with Crippen molar-refractivity contribution in [2.24, 2.45) is 0 Å². The maximum atomic E-state index is 6.26. The average molecular weight is 316 g/mol. The number of aryl methyl sites for hydroxylation is 1. The second kappa shape index (κ2) is 6.82. The van der Waals surface area contributed by atoms with Crippen LogP contribution in [0.3, 0.4) is 0 Å². The van der Waals surface area contributed by atoms with Gasteiger partial charge >= 0.3 is 0 Å². The Balaban J connectivity index is 1.80. The van der Waals surface area contributed by atoms with Crippen LogP contribution in [0.5, 0.6) is 5.75 Å². The van der Waals surface area contributed by atoms with Gasteiger partial charge in [0.2, 0.25) is 0 Å². The van der Waals surface area contributed by atoms with Gasteiger partial charge in [0.15, 0.2) is 0 Å². The molecule has 1 unspecified atom stereocenters. The lowest BCUT2D eigenvalue weighted by molar-refractivity contribution is 0.117. The number of likely N-dealkylation sites (N-methyl/N-ethyl adjacent to an activating group) is 1. The van der Waals surface area contributed by atoms with Crippen LogP contribution in [-0.4, -0.2) is 43.1 Å². The number of benzene rings is 1. The number of ether oxygens (including phenoxy) is 1. The predicted octanol–water partition coefficient (Wildman–Crippen LogP) is 3.38. The third kappa shape index (κ3) is 3.88. The molecule has 1 atom stereocenters. The number of rotatable bonds is 4. The first kappa shape index (κ1) is 15.5. The second-order valence-corrected chi connectivity index (χ2v) is 7.66. The zero-order chi connectivity index (χ0) is 15.5. The summed E-state index contributed by atoms with van der Waals surface area (Å²) in [7, 11) is 4.21. The van der Waals surface area contributed by atoms with Gasteiger partial charge in [0.1, 0.15) is 11.9 Å². The van der Waals surface area contributed by atoms with Crippen LogP contribution in [0.25, 0.3) is 0 Å². The van der Waals surface area contributed by atoms with Gasteiger partial charge in [-0.3, -0.25) is 4.90 Å². The molecule has 0 amide bonds. The molecule has 0 saturated carbocycles. The van der Waals surface area contributed by atoms with Gasteiger partial charge in [-0.15, -0.1) is 11.3 Å². The number of para-hydroxylation sites is 1. The van der Waals surface area contributed by atoms with E-state index in [1.165, 1.54) is 15.3 Å². The largest absolute Gasteiger partial charge is 0.487 e. The van der Waals surface area contributed by atoms with E-state index in [0.717, 1.165) is 31.9 Å². The van der Waals surface area contributed by atoms with Gasteiger partial charge in [-0.1, -0.05) is 18.2 Å². The summed E-state index contributed by atoms with van der Waals surface area (Å²) in [5.74, 6) is 1.04. The molecule has 2 heterocycles. The Morgan fingerprint density at radius 3 is 2.77 bits per heavy atom. The molecular weight excluding hydrogens is 292 g/mol. The average Bonchev–Trinajstić information content (AvgIpc) is 2.77. The molecule has 1 aliphatic rings. The van der Waals surface area contributed by atoms with Crippen LogP contribution in [0.1, 0.15) is 15.3 Å². The monoisotopic (exact) mass is 316 g/mol. The van der Waals surface area contributed by atoms with E-state index < -0.39 is 0 Å². The molecular formula is C18H24N2OS. The van der Waals surface area contributed by atoms with E-state index in [1.54, 1.807) is 0 Å². The van der Waals surface area contributed by atoms with E-state index >= 15 is 0 Å². The van der Waals surface area contributed by atoms with Crippen LogP contribution < -0.4 is 4.74 Å². The van der Waals surface area contributed by atoms with Crippen molar-refractivity contribution in [1.82, 2.24) is 9.80 Å². The van der Waals surface area contributed by atoms with Crippen molar-refractivity contribution in [2.45, 2.75) is 26.1 Å². The Hall–Kier alpha value is -1.36. The van der Waals surface area contributed by atoms with E-state index in [-0.39, 0.29) is 6.10 Å². The Kier molecular flexibility index (Phi) is 4.81. The molecule has 1 aromatic heterocycles. The van der Waals surface area contributed by atoms with Crippen LogP contribution in [0, 0.1) is 6.92 Å². The van der Waals surface area contributed by atoms with E-state index in [9.17, 15) is 0 Å². The number of hydrogen-bond acceptors (Lipinski definition) is 4. The minimum Gasteiger partial charge on any atom is -0.487 e. The van der Waals surface area contributed by atoms with Gasteiger partial charge in [0.05, 0.1) is 0 Å². The minimum absolute atomic E-state index is 0.208. The summed E-state index contributed by atoms with van der Waals surface area (Å²) in [6, 6.07) is 12.9. The minimum atomic E-state index is 0.208. The second-order valence-electron chi connectivity index (χ2n) is 6.29. The fourth-order valence-electron chi connectivity index (χ4n) is 2.97. The number of thiophene rings is 1. The van der Waals surface area contributed by atoms with Crippen molar-refractivity contribution < 1.29 is 4.74 Å². The number of hydrogen-bond donors (Lipinski definition) is 0. The Morgan fingerprint density at radius 1 is 1.23 bits per heavy atom. The van der Waals surface area contributed by atoms with Crippen LogP contribution in [0.4, 0.5) is 0 Å². The van der Waals surface area contributed by atoms with Crippen molar-refractivity contribution in [3.63, 3.8) is 0 Å². The van der Waals surface area contributed by atoms with Crippen LogP contribution in [-0.2, 0) is 13.1 Å². The molecule has 3 rings (SSSR count). The van der Waals surface area contributed by atoms with E-state index in [0.29, 0.717) is 0 Å². The lowest BCUT2D eigenvalue weighted by Gasteiger charge is -2.25. The fraction of sp³-hybridized carbons (Fsp3) is 0.444. The molecule has 0 aliphatic carbocycles. The van der Waals surface area contributed by atoms with Gasteiger partial charge in [0.25, 0.3) is 0 Å². The smallest absolute Gasteiger partial charge is 0.124 e. The highest BCUT2D eigenvalue weighted by molar-refractivity contribution is 7.11. The lowest BCUT2D eigenvalue weighted by Crippen LogP contribution is -2.39. The molecule has 1 aliphatic heterocycles. The maximum Gasteiger partial charge on any atom is 0.124 e. The first-order chi connectivity index (χ1) is 10.6. The zero-order valence-electron chi connectivity index (χ0n) is 13.6. The zero-order valence-corrected chi connectivity index (χ0v) is 14.4. The summed E-state index contributed by atoms with van der Waals surface area (Å²) < 4.78 is 6.26. The van der Waals surface area contributed by atoms with E-state index in [2.05, 4.69) is 67.2 Å². The molecule has 0 spiro atoms. The topological polar surface area (TPSA) is 15.7 Å². The Bertz CT molecular complexity index is 623. The molecule has 3 nitrogen and oxygen atoms in total. The van der Waals surface area contributed by atoms with Crippen LogP contribution >= 0.6 is 11.3 Å². The molecule has 2 aromatic rings. The molecule has 1 aromatic carbocycles. The van der Waals surface area contributed by atoms with E-state index in [1.807, 2.05) is 11.3 Å². The summed E-state index contributed by atoms with van der Waals surface area (Å²) in [6.07, 6.45) is 0.208. The standard InChI is InChI=1S/C18H24N2OS/c1-14-8-9-17(22-14)13-20-10-15-6-4-5-7-18(15)21-16(12-20)11-19(2)3/h4-9,16H,10-13H2,1-3H3. The van der Waals surface area contributed by atoms with Crippen LogP contribution in [0.15, 0.2) is 36.4 Å². The third-order valence-corrected chi connectivity index (χ3v) is 4.85. The summed E-state index contributed by atoms with van der Waals surface area (Å²) in [4.78, 5) is 7.52. The third-order valence-electron chi connectivity index (χ3n) is 3.87. The van der Waals surface area contributed by atoms with Crippen molar-refractivity contribution in [3.8, 4) is 5.75 Å². The van der Waals surface area contributed by atoms with Gasteiger partial charge in [0, 0.05) is 41.5 Å². The summed E-state index contributed by atoms with van der Waals surface area (Å²) >= 11 is 1.89.